The summed E-state index contributed by atoms with van der Waals surface area (Å²) < 4.78 is 0. The van der Waals surface area contributed by atoms with E-state index in [9.17, 15) is 9.59 Å². The average molecular weight is 273 g/mol. The molecule has 2 atom stereocenters. The summed E-state index contributed by atoms with van der Waals surface area (Å²) in [5.41, 5.74) is 2.61. The van der Waals surface area contributed by atoms with Crippen LogP contribution in [-0.4, -0.2) is 30.9 Å². The van der Waals surface area contributed by atoms with Crippen LogP contribution in [0.1, 0.15) is 30.0 Å². The summed E-state index contributed by atoms with van der Waals surface area (Å²) in [5.74, 6) is -0.119. The van der Waals surface area contributed by atoms with Gasteiger partial charge in [-0.1, -0.05) is 24.3 Å². The fraction of sp³-hybridized carbons (Fsp3) is 0.467. The first kappa shape index (κ1) is 13.1. The Labute approximate surface area is 118 Å². The molecule has 0 radical (unpaired) electrons. The van der Waals surface area contributed by atoms with Gasteiger partial charge in [0.1, 0.15) is 6.04 Å². The summed E-state index contributed by atoms with van der Waals surface area (Å²) in [7, 11) is 0. The number of carbonyl (C=O) groups excluding carboxylic acids is 2. The Morgan fingerprint density at radius 1 is 1.30 bits per heavy atom. The first-order chi connectivity index (χ1) is 9.74. The molecule has 20 heavy (non-hydrogen) atoms. The molecule has 2 aliphatic heterocycles. The number of amides is 2. The van der Waals surface area contributed by atoms with E-state index in [2.05, 4.69) is 28.1 Å². The van der Waals surface area contributed by atoms with Crippen LogP contribution in [0.3, 0.4) is 0 Å². The standard InChI is InChI=1S/C15H19N3O2/c19-14-6-5-12(18-14)15(20)17-9-13-11-4-2-1-3-10(11)7-8-16-13/h1-4,12-13,16H,5-9H2,(H,17,20)(H,18,19). The van der Waals surface area contributed by atoms with E-state index in [1.54, 1.807) is 0 Å². The van der Waals surface area contributed by atoms with Crippen molar-refractivity contribution in [1.29, 1.82) is 0 Å². The monoisotopic (exact) mass is 273 g/mol. The molecule has 1 fully saturated rings. The van der Waals surface area contributed by atoms with Crippen molar-refractivity contribution in [2.24, 2.45) is 0 Å². The van der Waals surface area contributed by atoms with Gasteiger partial charge in [-0.2, -0.15) is 0 Å². The van der Waals surface area contributed by atoms with Crippen LogP contribution in [0.25, 0.3) is 0 Å². The van der Waals surface area contributed by atoms with Gasteiger partial charge in [-0.05, 0) is 30.5 Å². The zero-order valence-corrected chi connectivity index (χ0v) is 11.3. The lowest BCUT2D eigenvalue weighted by Crippen LogP contribution is -2.45. The van der Waals surface area contributed by atoms with Gasteiger partial charge in [-0.3, -0.25) is 9.59 Å². The molecule has 0 aromatic heterocycles. The van der Waals surface area contributed by atoms with Crippen molar-refractivity contribution in [2.75, 3.05) is 13.1 Å². The van der Waals surface area contributed by atoms with Crippen LogP contribution >= 0.6 is 0 Å². The highest BCUT2D eigenvalue weighted by atomic mass is 16.2. The van der Waals surface area contributed by atoms with Crippen LogP contribution in [-0.2, 0) is 16.0 Å². The summed E-state index contributed by atoms with van der Waals surface area (Å²) >= 11 is 0. The van der Waals surface area contributed by atoms with Gasteiger partial charge in [0.2, 0.25) is 11.8 Å². The lowest BCUT2D eigenvalue weighted by Gasteiger charge is -2.27. The van der Waals surface area contributed by atoms with E-state index in [0.717, 1.165) is 13.0 Å². The lowest BCUT2D eigenvalue weighted by molar-refractivity contribution is -0.125. The fourth-order valence-electron chi connectivity index (χ4n) is 2.91. The van der Waals surface area contributed by atoms with Crippen LogP contribution in [0, 0.1) is 0 Å². The second-order valence-corrected chi connectivity index (χ2v) is 5.36. The quantitative estimate of drug-likeness (QED) is 0.740. The molecule has 2 aliphatic rings. The molecule has 1 aromatic rings. The normalized spacial score (nSPS) is 24.9. The minimum absolute atomic E-state index is 0.0358. The Kier molecular flexibility index (Phi) is 3.69. The number of hydrogen-bond acceptors (Lipinski definition) is 3. The first-order valence-electron chi connectivity index (χ1n) is 7.12. The third-order valence-corrected chi connectivity index (χ3v) is 4.01. The zero-order chi connectivity index (χ0) is 13.9. The highest BCUT2D eigenvalue weighted by Crippen LogP contribution is 2.21. The van der Waals surface area contributed by atoms with Gasteiger partial charge in [-0.15, -0.1) is 0 Å². The van der Waals surface area contributed by atoms with Crippen molar-refractivity contribution in [3.63, 3.8) is 0 Å². The SMILES string of the molecule is O=C1CCC(C(=O)NCC2NCCc3ccccc32)N1. The van der Waals surface area contributed by atoms with Crippen LogP contribution < -0.4 is 16.0 Å². The maximum absolute atomic E-state index is 12.0. The largest absolute Gasteiger partial charge is 0.352 e. The molecule has 0 bridgehead atoms. The van der Waals surface area contributed by atoms with Gasteiger partial charge in [0.05, 0.1) is 0 Å². The summed E-state index contributed by atoms with van der Waals surface area (Å²) in [6, 6.07) is 8.12. The van der Waals surface area contributed by atoms with E-state index in [4.69, 9.17) is 0 Å². The van der Waals surface area contributed by atoms with Gasteiger partial charge >= 0.3 is 0 Å². The number of hydrogen-bond donors (Lipinski definition) is 3. The molecule has 0 saturated carbocycles. The molecule has 2 amide bonds. The summed E-state index contributed by atoms with van der Waals surface area (Å²) in [6.45, 7) is 1.49. The van der Waals surface area contributed by atoms with Gasteiger partial charge in [-0.25, -0.2) is 0 Å². The molecule has 2 heterocycles. The molecule has 3 N–H and O–H groups in total. The molecule has 5 heteroatoms. The van der Waals surface area contributed by atoms with Crippen molar-refractivity contribution in [3.05, 3.63) is 35.4 Å². The second kappa shape index (κ2) is 5.63. The molecule has 1 saturated heterocycles. The van der Waals surface area contributed by atoms with Crippen molar-refractivity contribution in [2.45, 2.75) is 31.3 Å². The molecule has 0 aliphatic carbocycles. The fourth-order valence-corrected chi connectivity index (χ4v) is 2.91. The first-order valence-corrected chi connectivity index (χ1v) is 7.12. The second-order valence-electron chi connectivity index (χ2n) is 5.36. The number of fused-ring (bicyclic) bond motifs is 1. The molecule has 5 nitrogen and oxygen atoms in total. The third-order valence-electron chi connectivity index (χ3n) is 4.01. The predicted molar refractivity (Wildman–Crippen MR) is 75.1 cm³/mol. The minimum atomic E-state index is -0.360. The Balaban J connectivity index is 1.59. The molecule has 2 unspecified atom stereocenters. The molecule has 106 valence electrons. The third kappa shape index (κ3) is 2.67. The van der Waals surface area contributed by atoms with Crippen molar-refractivity contribution < 1.29 is 9.59 Å². The maximum atomic E-state index is 12.0. The summed E-state index contributed by atoms with van der Waals surface area (Å²) in [6.07, 6.45) is 2.07. The van der Waals surface area contributed by atoms with E-state index in [-0.39, 0.29) is 23.9 Å². The van der Waals surface area contributed by atoms with Crippen molar-refractivity contribution in [1.82, 2.24) is 16.0 Å². The average Bonchev–Trinajstić information content (AvgIpc) is 2.91. The van der Waals surface area contributed by atoms with Crippen molar-refractivity contribution in [3.8, 4) is 0 Å². The van der Waals surface area contributed by atoms with Gasteiger partial charge in [0, 0.05) is 19.0 Å². The van der Waals surface area contributed by atoms with Gasteiger partial charge in [0.25, 0.3) is 0 Å². The Hall–Kier alpha value is -1.88. The number of carbonyl (C=O) groups is 2. The smallest absolute Gasteiger partial charge is 0.242 e. The molecular formula is C15H19N3O2. The molecule has 0 spiro atoms. The van der Waals surface area contributed by atoms with Gasteiger partial charge in [0.15, 0.2) is 0 Å². The van der Waals surface area contributed by atoms with E-state index in [0.29, 0.717) is 19.4 Å². The van der Waals surface area contributed by atoms with E-state index >= 15 is 0 Å². The zero-order valence-electron chi connectivity index (χ0n) is 11.3. The maximum Gasteiger partial charge on any atom is 0.242 e. The molecule has 1 aromatic carbocycles. The highest BCUT2D eigenvalue weighted by molar-refractivity contribution is 5.90. The lowest BCUT2D eigenvalue weighted by atomic mass is 9.94. The molecule has 3 rings (SSSR count). The summed E-state index contributed by atoms with van der Waals surface area (Å²) in [4.78, 5) is 23.1. The van der Waals surface area contributed by atoms with E-state index in [1.165, 1.54) is 11.1 Å². The minimum Gasteiger partial charge on any atom is -0.352 e. The van der Waals surface area contributed by atoms with Crippen LogP contribution in [0.15, 0.2) is 24.3 Å². The Bertz CT molecular complexity index is 530. The Morgan fingerprint density at radius 2 is 2.15 bits per heavy atom. The van der Waals surface area contributed by atoms with Gasteiger partial charge < -0.3 is 16.0 Å². The number of rotatable bonds is 3. The van der Waals surface area contributed by atoms with E-state index < -0.39 is 0 Å². The Morgan fingerprint density at radius 3 is 2.95 bits per heavy atom. The molecular weight excluding hydrogens is 254 g/mol. The van der Waals surface area contributed by atoms with Crippen LogP contribution in [0.2, 0.25) is 0 Å². The van der Waals surface area contributed by atoms with Crippen molar-refractivity contribution >= 4 is 11.8 Å². The highest BCUT2D eigenvalue weighted by Gasteiger charge is 2.28. The predicted octanol–water partition coefficient (Wildman–Crippen LogP) is 0.268. The topological polar surface area (TPSA) is 70.2 Å². The summed E-state index contributed by atoms with van der Waals surface area (Å²) in [5, 5.41) is 9.06. The van der Waals surface area contributed by atoms with E-state index in [1.807, 2.05) is 12.1 Å². The number of nitrogens with one attached hydrogen (secondary N) is 3. The number of benzene rings is 1. The van der Waals surface area contributed by atoms with Crippen LogP contribution in [0.4, 0.5) is 0 Å². The van der Waals surface area contributed by atoms with Crippen LogP contribution in [0.5, 0.6) is 0 Å².